The first-order chi connectivity index (χ1) is 8.62. The Hall–Kier alpha value is -0.120. The van der Waals surface area contributed by atoms with Crippen LogP contribution in [0.2, 0.25) is 0 Å². The molecule has 3 atom stereocenters. The zero-order valence-electron chi connectivity index (χ0n) is 11.6. The summed E-state index contributed by atoms with van der Waals surface area (Å²) in [7, 11) is 0. The van der Waals surface area contributed by atoms with E-state index >= 15 is 0 Å². The highest BCUT2D eigenvalue weighted by molar-refractivity contribution is 5.02. The Morgan fingerprint density at radius 3 is 2.44 bits per heavy atom. The summed E-state index contributed by atoms with van der Waals surface area (Å²) in [6.45, 7) is 4.97. The zero-order chi connectivity index (χ0) is 12.6. The van der Waals surface area contributed by atoms with Crippen LogP contribution in [-0.4, -0.2) is 31.0 Å². The van der Waals surface area contributed by atoms with Crippen LogP contribution in [0, 0.1) is 11.8 Å². The third kappa shape index (κ3) is 2.33. The molecule has 3 heteroatoms. The van der Waals surface area contributed by atoms with Crippen molar-refractivity contribution in [3.63, 3.8) is 0 Å². The van der Waals surface area contributed by atoms with Crippen molar-refractivity contribution in [3.8, 4) is 0 Å². The molecular formula is C15H27NO2. The summed E-state index contributed by atoms with van der Waals surface area (Å²) in [5.41, 5.74) is 6.92. The first-order valence-electron chi connectivity index (χ1n) is 7.63. The summed E-state index contributed by atoms with van der Waals surface area (Å²) in [5, 5.41) is 0. The number of ether oxygens (including phenoxy) is 2. The van der Waals surface area contributed by atoms with Gasteiger partial charge in [-0.2, -0.15) is 0 Å². The lowest BCUT2D eigenvalue weighted by Gasteiger charge is -2.47. The summed E-state index contributed by atoms with van der Waals surface area (Å²) in [5.74, 6) is 1.47. The fourth-order valence-corrected chi connectivity index (χ4v) is 4.35. The first kappa shape index (κ1) is 12.9. The summed E-state index contributed by atoms with van der Waals surface area (Å²) >= 11 is 0. The van der Waals surface area contributed by atoms with E-state index in [1.165, 1.54) is 25.7 Å². The molecule has 3 unspecified atom stereocenters. The van der Waals surface area contributed by atoms with Crippen molar-refractivity contribution in [1.82, 2.24) is 0 Å². The molecule has 0 radical (unpaired) electrons. The standard InChI is InChI=1S/C15H27NO2/c1-12-2-4-15(16,10-12)13-3-7-18-14(11-13)5-8-17-9-6-14/h12-13H,2-11,16H2,1H3. The zero-order valence-corrected chi connectivity index (χ0v) is 11.6. The molecule has 0 aromatic rings. The van der Waals surface area contributed by atoms with Crippen molar-refractivity contribution in [3.05, 3.63) is 0 Å². The number of hydrogen-bond donors (Lipinski definition) is 1. The average molecular weight is 253 g/mol. The van der Waals surface area contributed by atoms with Gasteiger partial charge in [0.1, 0.15) is 0 Å². The summed E-state index contributed by atoms with van der Waals surface area (Å²) in [6.07, 6.45) is 8.19. The SMILES string of the molecule is CC1CCC(N)(C2CCOC3(CCOCC3)C2)C1. The van der Waals surface area contributed by atoms with E-state index in [-0.39, 0.29) is 11.1 Å². The second-order valence-corrected chi connectivity index (χ2v) is 6.91. The van der Waals surface area contributed by atoms with E-state index in [9.17, 15) is 0 Å². The van der Waals surface area contributed by atoms with Crippen LogP contribution in [0.25, 0.3) is 0 Å². The Balaban J connectivity index is 1.70. The molecule has 104 valence electrons. The van der Waals surface area contributed by atoms with Gasteiger partial charge < -0.3 is 15.2 Å². The molecule has 0 aromatic carbocycles. The van der Waals surface area contributed by atoms with Gasteiger partial charge in [0, 0.05) is 25.4 Å². The van der Waals surface area contributed by atoms with Crippen LogP contribution in [0.5, 0.6) is 0 Å². The molecule has 2 saturated heterocycles. The van der Waals surface area contributed by atoms with Gasteiger partial charge in [-0.05, 0) is 56.8 Å². The van der Waals surface area contributed by atoms with Gasteiger partial charge in [-0.15, -0.1) is 0 Å². The van der Waals surface area contributed by atoms with Gasteiger partial charge in [0.25, 0.3) is 0 Å². The molecule has 3 aliphatic rings. The molecule has 2 N–H and O–H groups in total. The Morgan fingerprint density at radius 2 is 1.78 bits per heavy atom. The van der Waals surface area contributed by atoms with Gasteiger partial charge in [0.2, 0.25) is 0 Å². The first-order valence-corrected chi connectivity index (χ1v) is 7.63. The summed E-state index contributed by atoms with van der Waals surface area (Å²) < 4.78 is 11.6. The Morgan fingerprint density at radius 1 is 1.00 bits per heavy atom. The minimum Gasteiger partial charge on any atom is -0.381 e. The van der Waals surface area contributed by atoms with Crippen LogP contribution in [0.3, 0.4) is 0 Å². The molecular weight excluding hydrogens is 226 g/mol. The van der Waals surface area contributed by atoms with Crippen LogP contribution in [0.4, 0.5) is 0 Å². The molecule has 2 aliphatic heterocycles. The molecule has 0 bridgehead atoms. The average Bonchev–Trinajstić information content (AvgIpc) is 2.72. The van der Waals surface area contributed by atoms with Crippen molar-refractivity contribution >= 4 is 0 Å². The van der Waals surface area contributed by atoms with Gasteiger partial charge in [-0.1, -0.05) is 6.92 Å². The quantitative estimate of drug-likeness (QED) is 0.781. The monoisotopic (exact) mass is 253 g/mol. The van der Waals surface area contributed by atoms with Crippen molar-refractivity contribution in [2.45, 2.75) is 63.0 Å². The third-order valence-electron chi connectivity index (χ3n) is 5.54. The molecule has 0 amide bonds. The smallest absolute Gasteiger partial charge is 0.0729 e. The normalized spacial score (nSPS) is 44.3. The van der Waals surface area contributed by atoms with E-state index in [2.05, 4.69) is 6.92 Å². The molecule has 1 aliphatic carbocycles. The van der Waals surface area contributed by atoms with Crippen molar-refractivity contribution in [2.24, 2.45) is 17.6 Å². The maximum Gasteiger partial charge on any atom is 0.0729 e. The molecule has 3 fully saturated rings. The van der Waals surface area contributed by atoms with Crippen LogP contribution in [0.1, 0.15) is 51.9 Å². The predicted molar refractivity (Wildman–Crippen MR) is 71.4 cm³/mol. The predicted octanol–water partition coefficient (Wildman–Crippen LogP) is 2.48. The Labute approximate surface area is 110 Å². The number of rotatable bonds is 1. The third-order valence-corrected chi connectivity index (χ3v) is 5.54. The lowest BCUT2D eigenvalue weighted by Crippen LogP contribution is -2.53. The largest absolute Gasteiger partial charge is 0.381 e. The van der Waals surface area contributed by atoms with E-state index < -0.39 is 0 Å². The molecule has 3 rings (SSSR count). The second kappa shape index (κ2) is 4.77. The van der Waals surface area contributed by atoms with Gasteiger partial charge in [0.05, 0.1) is 5.60 Å². The maximum absolute atomic E-state index is 6.73. The molecule has 1 saturated carbocycles. The van der Waals surface area contributed by atoms with E-state index in [0.29, 0.717) is 5.92 Å². The lowest BCUT2D eigenvalue weighted by atomic mass is 9.71. The van der Waals surface area contributed by atoms with E-state index in [1.54, 1.807) is 0 Å². The van der Waals surface area contributed by atoms with Crippen LogP contribution in [0.15, 0.2) is 0 Å². The van der Waals surface area contributed by atoms with Crippen LogP contribution >= 0.6 is 0 Å². The molecule has 1 spiro atoms. The van der Waals surface area contributed by atoms with Gasteiger partial charge in [-0.25, -0.2) is 0 Å². The van der Waals surface area contributed by atoms with Crippen molar-refractivity contribution in [2.75, 3.05) is 19.8 Å². The molecule has 2 heterocycles. The maximum atomic E-state index is 6.73. The van der Waals surface area contributed by atoms with Gasteiger partial charge >= 0.3 is 0 Å². The fourth-order valence-electron chi connectivity index (χ4n) is 4.35. The Bertz CT molecular complexity index is 295. The minimum atomic E-state index is 0.0918. The summed E-state index contributed by atoms with van der Waals surface area (Å²) in [6, 6.07) is 0. The molecule has 3 nitrogen and oxygen atoms in total. The van der Waals surface area contributed by atoms with Gasteiger partial charge in [0.15, 0.2) is 0 Å². The number of nitrogens with two attached hydrogens (primary N) is 1. The highest BCUT2D eigenvalue weighted by Gasteiger charge is 2.47. The van der Waals surface area contributed by atoms with Crippen LogP contribution < -0.4 is 5.73 Å². The highest BCUT2D eigenvalue weighted by atomic mass is 16.5. The topological polar surface area (TPSA) is 44.5 Å². The summed E-state index contributed by atoms with van der Waals surface area (Å²) in [4.78, 5) is 0. The molecule has 0 aromatic heterocycles. The van der Waals surface area contributed by atoms with Crippen molar-refractivity contribution in [1.29, 1.82) is 0 Å². The Kier molecular flexibility index (Phi) is 3.41. The van der Waals surface area contributed by atoms with Crippen LogP contribution in [-0.2, 0) is 9.47 Å². The van der Waals surface area contributed by atoms with E-state index in [0.717, 1.165) is 45.0 Å². The number of hydrogen-bond acceptors (Lipinski definition) is 3. The molecule has 18 heavy (non-hydrogen) atoms. The lowest BCUT2D eigenvalue weighted by molar-refractivity contribution is -0.154. The van der Waals surface area contributed by atoms with Crippen molar-refractivity contribution < 1.29 is 9.47 Å². The van der Waals surface area contributed by atoms with Gasteiger partial charge in [-0.3, -0.25) is 0 Å². The fraction of sp³-hybridized carbons (Fsp3) is 1.00. The van der Waals surface area contributed by atoms with E-state index in [4.69, 9.17) is 15.2 Å². The highest BCUT2D eigenvalue weighted by Crippen LogP contribution is 2.46. The van der Waals surface area contributed by atoms with E-state index in [1.807, 2.05) is 0 Å². The minimum absolute atomic E-state index is 0.0918. The second-order valence-electron chi connectivity index (χ2n) is 6.91.